The first-order valence-electron chi connectivity index (χ1n) is 3.90. The van der Waals surface area contributed by atoms with Crippen molar-refractivity contribution in [2.24, 2.45) is 0 Å². The van der Waals surface area contributed by atoms with E-state index in [0.29, 0.717) is 0 Å². The number of aromatic nitrogens is 1. The highest BCUT2D eigenvalue weighted by Crippen LogP contribution is 2.21. The van der Waals surface area contributed by atoms with Gasteiger partial charge in [-0.1, -0.05) is 0 Å². The fraction of sp³-hybridized carbons (Fsp3) is 0.250. The summed E-state index contributed by atoms with van der Waals surface area (Å²) in [5.74, 6) is -1.05. The first kappa shape index (κ1) is 12.2. The number of aromatic amines is 1. The molecule has 8 heteroatoms. The molecular weight excluding hydrogens is 234 g/mol. The molecule has 4 nitrogen and oxygen atoms in total. The number of halogens is 4. The molecule has 0 saturated carbocycles. The number of rotatable bonds is 3. The van der Waals surface area contributed by atoms with Crippen LogP contribution in [0.3, 0.4) is 0 Å². The third-order valence-electron chi connectivity index (χ3n) is 1.64. The van der Waals surface area contributed by atoms with Crippen LogP contribution >= 0.6 is 0 Å². The summed E-state index contributed by atoms with van der Waals surface area (Å²) < 4.78 is 51.1. The molecule has 0 unspecified atom stereocenters. The fourth-order valence-corrected chi connectivity index (χ4v) is 0.979. The summed E-state index contributed by atoms with van der Waals surface area (Å²) in [7, 11) is 0. The van der Waals surface area contributed by atoms with Crippen molar-refractivity contribution in [3.8, 4) is 5.88 Å². The average Bonchev–Trinajstić information content (AvgIpc) is 2.16. The van der Waals surface area contributed by atoms with Gasteiger partial charge in [0.1, 0.15) is 12.2 Å². The Hall–Kier alpha value is -1.86. The molecule has 1 N–H and O–H groups in total. The summed E-state index contributed by atoms with van der Waals surface area (Å²) in [6, 6.07) is 0. The zero-order valence-electron chi connectivity index (χ0n) is 7.60. The van der Waals surface area contributed by atoms with Crippen molar-refractivity contribution in [3.05, 3.63) is 27.5 Å². The van der Waals surface area contributed by atoms with Crippen molar-refractivity contribution in [1.29, 1.82) is 0 Å². The summed E-state index contributed by atoms with van der Waals surface area (Å²) in [6.45, 7) is -1.19. The minimum atomic E-state index is -5.04. The van der Waals surface area contributed by atoms with Gasteiger partial charge in [-0.2, -0.15) is 0 Å². The quantitative estimate of drug-likeness (QED) is 0.643. The van der Waals surface area contributed by atoms with Crippen LogP contribution in [0, 0.1) is 0 Å². The number of ether oxygens (including phenoxy) is 1. The lowest BCUT2D eigenvalue weighted by molar-refractivity contribution is -0.276. The number of alkyl halides is 4. The molecule has 0 atom stereocenters. The SMILES string of the molecule is O=Cc1c(OC(F)(F)F)[nH]cc(CF)c1=O. The Morgan fingerprint density at radius 2 is 2.06 bits per heavy atom. The minimum Gasteiger partial charge on any atom is -0.389 e. The number of aldehydes is 1. The number of carbonyl (C=O) groups excluding carboxylic acids is 1. The number of H-pyrrole nitrogens is 1. The van der Waals surface area contributed by atoms with Crippen LogP contribution in [-0.4, -0.2) is 17.6 Å². The van der Waals surface area contributed by atoms with Crippen LogP contribution in [0.1, 0.15) is 15.9 Å². The summed E-state index contributed by atoms with van der Waals surface area (Å²) in [4.78, 5) is 23.5. The van der Waals surface area contributed by atoms with Crippen molar-refractivity contribution in [2.45, 2.75) is 13.0 Å². The van der Waals surface area contributed by atoms with Gasteiger partial charge < -0.3 is 9.72 Å². The third-order valence-corrected chi connectivity index (χ3v) is 1.64. The molecule has 0 fully saturated rings. The molecule has 0 aliphatic heterocycles. The molecule has 1 rings (SSSR count). The van der Waals surface area contributed by atoms with Crippen LogP contribution in [0.4, 0.5) is 17.6 Å². The molecule has 0 aromatic carbocycles. The van der Waals surface area contributed by atoms with E-state index in [1.165, 1.54) is 0 Å². The van der Waals surface area contributed by atoms with E-state index < -0.39 is 35.5 Å². The van der Waals surface area contributed by atoms with E-state index in [1.807, 2.05) is 4.98 Å². The third kappa shape index (κ3) is 2.59. The van der Waals surface area contributed by atoms with Crippen LogP contribution in [0.5, 0.6) is 5.88 Å². The van der Waals surface area contributed by atoms with Gasteiger partial charge in [0.2, 0.25) is 11.3 Å². The number of nitrogens with one attached hydrogen (secondary N) is 1. The number of hydrogen-bond donors (Lipinski definition) is 1. The van der Waals surface area contributed by atoms with Gasteiger partial charge in [0.25, 0.3) is 0 Å². The fourth-order valence-electron chi connectivity index (χ4n) is 0.979. The zero-order chi connectivity index (χ0) is 12.3. The Balaban J connectivity index is 3.27. The first-order chi connectivity index (χ1) is 7.39. The van der Waals surface area contributed by atoms with Crippen molar-refractivity contribution < 1.29 is 27.1 Å². The molecule has 16 heavy (non-hydrogen) atoms. The number of carbonyl (C=O) groups is 1. The lowest BCUT2D eigenvalue weighted by Crippen LogP contribution is -2.23. The van der Waals surface area contributed by atoms with E-state index in [9.17, 15) is 27.2 Å². The maximum atomic E-state index is 12.2. The van der Waals surface area contributed by atoms with Crippen LogP contribution in [-0.2, 0) is 6.67 Å². The van der Waals surface area contributed by atoms with Crippen LogP contribution in [0.2, 0.25) is 0 Å². The van der Waals surface area contributed by atoms with Gasteiger partial charge in [-0.25, -0.2) is 4.39 Å². The lowest BCUT2D eigenvalue weighted by atomic mass is 10.2. The predicted octanol–water partition coefficient (Wildman–Crippen LogP) is 1.56. The molecule has 0 spiro atoms. The summed E-state index contributed by atoms with van der Waals surface area (Å²) in [6.07, 6.45) is -4.45. The zero-order valence-corrected chi connectivity index (χ0v) is 7.60. The van der Waals surface area contributed by atoms with Crippen molar-refractivity contribution >= 4 is 6.29 Å². The molecular formula is C8H5F4NO3. The van der Waals surface area contributed by atoms with Gasteiger partial charge in [-0.3, -0.25) is 9.59 Å². The summed E-state index contributed by atoms with van der Waals surface area (Å²) >= 11 is 0. The molecule has 0 bridgehead atoms. The van der Waals surface area contributed by atoms with E-state index in [0.717, 1.165) is 6.20 Å². The van der Waals surface area contributed by atoms with E-state index in [4.69, 9.17) is 0 Å². The molecule has 0 saturated heterocycles. The molecule has 0 aliphatic carbocycles. The van der Waals surface area contributed by atoms with E-state index in [2.05, 4.69) is 4.74 Å². The van der Waals surface area contributed by atoms with Crippen molar-refractivity contribution in [1.82, 2.24) is 4.98 Å². The van der Waals surface area contributed by atoms with E-state index in [-0.39, 0.29) is 6.29 Å². The second-order valence-electron chi connectivity index (χ2n) is 2.69. The molecule has 1 aromatic rings. The first-order valence-corrected chi connectivity index (χ1v) is 3.90. The molecule has 1 heterocycles. The maximum absolute atomic E-state index is 12.2. The van der Waals surface area contributed by atoms with Crippen molar-refractivity contribution in [2.75, 3.05) is 0 Å². The molecule has 0 amide bonds. The van der Waals surface area contributed by atoms with E-state index in [1.54, 1.807) is 0 Å². The topological polar surface area (TPSA) is 59.2 Å². The smallest absolute Gasteiger partial charge is 0.389 e. The lowest BCUT2D eigenvalue weighted by Gasteiger charge is -2.10. The minimum absolute atomic E-state index is 0.126. The highest BCUT2D eigenvalue weighted by Gasteiger charge is 2.33. The number of hydrogen-bond acceptors (Lipinski definition) is 3. The Labute approximate surface area is 85.8 Å². The van der Waals surface area contributed by atoms with Gasteiger partial charge >= 0.3 is 6.36 Å². The highest BCUT2D eigenvalue weighted by molar-refractivity contribution is 5.78. The van der Waals surface area contributed by atoms with Crippen LogP contribution in [0.15, 0.2) is 11.0 Å². The Morgan fingerprint density at radius 3 is 2.50 bits per heavy atom. The Bertz CT molecular complexity index is 452. The molecule has 88 valence electrons. The molecule has 0 radical (unpaired) electrons. The monoisotopic (exact) mass is 239 g/mol. The summed E-state index contributed by atoms with van der Waals surface area (Å²) in [5.41, 5.74) is -2.47. The number of pyridine rings is 1. The normalized spacial score (nSPS) is 11.2. The van der Waals surface area contributed by atoms with Crippen LogP contribution in [0.25, 0.3) is 0 Å². The van der Waals surface area contributed by atoms with Gasteiger partial charge in [0.15, 0.2) is 6.29 Å². The second-order valence-corrected chi connectivity index (χ2v) is 2.69. The second kappa shape index (κ2) is 4.33. The Kier molecular flexibility index (Phi) is 3.31. The van der Waals surface area contributed by atoms with Gasteiger partial charge in [0.05, 0.1) is 0 Å². The van der Waals surface area contributed by atoms with Gasteiger partial charge in [-0.05, 0) is 0 Å². The van der Waals surface area contributed by atoms with Crippen molar-refractivity contribution in [3.63, 3.8) is 0 Å². The summed E-state index contributed by atoms with van der Waals surface area (Å²) in [5, 5.41) is 0. The standard InChI is InChI=1S/C8H5F4NO3/c9-1-4-2-13-7(16-8(10,11)12)5(3-14)6(4)15/h2-3H,1H2,(H,13,15). The Morgan fingerprint density at radius 1 is 1.44 bits per heavy atom. The van der Waals surface area contributed by atoms with E-state index >= 15 is 0 Å². The van der Waals surface area contributed by atoms with Crippen LogP contribution < -0.4 is 10.2 Å². The average molecular weight is 239 g/mol. The predicted molar refractivity (Wildman–Crippen MR) is 43.9 cm³/mol. The highest BCUT2D eigenvalue weighted by atomic mass is 19.4. The molecule has 0 aliphatic rings. The van der Waals surface area contributed by atoms with Gasteiger partial charge in [-0.15, -0.1) is 13.2 Å². The maximum Gasteiger partial charge on any atom is 0.574 e. The molecule has 1 aromatic heterocycles. The van der Waals surface area contributed by atoms with Gasteiger partial charge in [0, 0.05) is 11.8 Å². The largest absolute Gasteiger partial charge is 0.574 e.